The van der Waals surface area contributed by atoms with E-state index in [1.165, 1.54) is 105 Å². The van der Waals surface area contributed by atoms with E-state index in [0.29, 0.717) is 0 Å². The van der Waals surface area contributed by atoms with Gasteiger partial charge in [-0.25, -0.2) is 21.0 Å². The fraction of sp³-hybridized carbons (Fsp3) is 0.923. The number of nitrogens with zero attached hydrogens (tertiary/aromatic N) is 12. The topological polar surface area (TPSA) is 280 Å². The molecule has 0 aliphatic heterocycles. The van der Waals surface area contributed by atoms with E-state index in [2.05, 4.69) is 224 Å². The Kier molecular flexibility index (Phi) is 83.1. The van der Waals surface area contributed by atoms with Crippen LogP contribution in [-0.4, -0.2) is 282 Å². The Hall–Kier alpha value is -2.42. The fourth-order valence-electron chi connectivity index (χ4n) is 1.79. The van der Waals surface area contributed by atoms with Crippen LogP contribution in [0.3, 0.4) is 0 Å². The first-order chi connectivity index (χ1) is 34.1. The standard InChI is InChI=1S/8C6H16N.4CBNO2/c8*1-5-7(3,4)6-2;4*3-1-2(4)5/h8*5-6H2,1-4H3;;;;/q8*+1;4*-2. The lowest BCUT2D eigenvalue weighted by molar-refractivity contribution is -0.886. The first-order valence-corrected chi connectivity index (χ1v) is 27.5. The van der Waals surface area contributed by atoms with E-state index < -0.39 is 28.5 Å². The van der Waals surface area contributed by atoms with E-state index in [9.17, 15) is 0 Å². The summed E-state index contributed by atoms with van der Waals surface area (Å²) in [6.45, 7) is 55.1. The SMILES string of the molecule is CC[N+](C)(C)CC.CC[N+](C)(C)CC.CC[N+](C)(C)CC.CC[N+](C)(C)CC.CC[N+](C)(C)CC.CC[N+](C)(C)CC.CC[N+](C)(C)CC.CC[N+](C)(C)CC.N#CB([O-])[O-].N#CB([O-])[O-].N#CB([O-])[O-].N#CB([O-])[O-]. The van der Waals surface area contributed by atoms with Crippen molar-refractivity contribution in [2.45, 2.75) is 111 Å². The fourth-order valence-corrected chi connectivity index (χ4v) is 1.79. The van der Waals surface area contributed by atoms with Gasteiger partial charge in [0.25, 0.3) is 0 Å². The minimum Gasteiger partial charge on any atom is -0.881 e. The predicted molar refractivity (Wildman–Crippen MR) is 311 cm³/mol. The quantitative estimate of drug-likeness (QED) is 0.118. The third kappa shape index (κ3) is 124. The van der Waals surface area contributed by atoms with Crippen molar-refractivity contribution < 1.29 is 76.1 Å². The number of quaternary nitrogens is 8. The molecule has 76 heavy (non-hydrogen) atoms. The van der Waals surface area contributed by atoms with Crippen LogP contribution in [0.15, 0.2) is 0 Å². The number of rotatable bonds is 16. The second kappa shape index (κ2) is 61.8. The van der Waals surface area contributed by atoms with Crippen molar-refractivity contribution in [1.29, 1.82) is 21.0 Å². The molecular weight excluding hydrogens is 964 g/mol. The van der Waals surface area contributed by atoms with Gasteiger partial charge in [0.05, 0.1) is 217 Å². The maximum absolute atomic E-state index is 8.98. The van der Waals surface area contributed by atoms with Gasteiger partial charge >= 0.3 is 0 Å². The Bertz CT molecular complexity index is 1040. The summed E-state index contributed by atoms with van der Waals surface area (Å²) >= 11 is 0. The Morgan fingerprint density at radius 1 is 0.197 bits per heavy atom. The zero-order chi connectivity index (χ0) is 64.5. The van der Waals surface area contributed by atoms with E-state index in [-0.39, 0.29) is 0 Å². The molecule has 0 aromatic carbocycles. The third-order valence-electron chi connectivity index (χ3n) is 14.1. The van der Waals surface area contributed by atoms with Crippen LogP contribution in [0.2, 0.25) is 0 Å². The molecule has 0 amide bonds. The Balaban J connectivity index is -0.0000000589. The lowest BCUT2D eigenvalue weighted by atomic mass is 9.97. The molecule has 0 saturated carbocycles. The molecule has 456 valence electrons. The Morgan fingerprint density at radius 2 is 0.237 bits per heavy atom. The summed E-state index contributed by atoms with van der Waals surface area (Å²) in [5, 5.41) is 101. The predicted octanol–water partition coefficient (Wildman–Crippen LogP) is -2.15. The average molecular weight is 1090 g/mol. The molecule has 0 atom stereocenters. The molecule has 0 bridgehead atoms. The van der Waals surface area contributed by atoms with Crippen molar-refractivity contribution in [2.24, 2.45) is 0 Å². The molecule has 24 heteroatoms. The van der Waals surface area contributed by atoms with Crippen molar-refractivity contribution in [3.8, 4) is 23.9 Å². The van der Waals surface area contributed by atoms with Gasteiger partial charge in [-0.05, 0) is 135 Å². The van der Waals surface area contributed by atoms with Crippen LogP contribution in [-0.2, 0) is 0 Å². The van der Waals surface area contributed by atoms with E-state index >= 15 is 0 Å². The molecule has 0 heterocycles. The highest BCUT2D eigenvalue weighted by Crippen LogP contribution is 1.95. The molecule has 0 aromatic rings. The van der Waals surface area contributed by atoms with Crippen molar-refractivity contribution in [2.75, 3.05) is 217 Å². The maximum Gasteiger partial charge on any atom is 0.0753 e. The van der Waals surface area contributed by atoms with Gasteiger partial charge in [-0.15, -0.1) is 0 Å². The highest BCUT2D eigenvalue weighted by atomic mass is 16.4. The second-order valence-electron chi connectivity index (χ2n) is 22.4. The largest absolute Gasteiger partial charge is 0.881 e. The van der Waals surface area contributed by atoms with Crippen LogP contribution in [0, 0.1) is 44.9 Å². The van der Waals surface area contributed by atoms with Crippen molar-refractivity contribution in [3.63, 3.8) is 0 Å². The highest BCUT2D eigenvalue weighted by molar-refractivity contribution is 6.47. The molecular formula is C52H128B4N12O8. The van der Waals surface area contributed by atoms with Gasteiger partial charge in [0.1, 0.15) is 0 Å². The van der Waals surface area contributed by atoms with Crippen molar-refractivity contribution in [3.05, 3.63) is 0 Å². The molecule has 20 nitrogen and oxygen atoms in total. The zero-order valence-corrected chi connectivity index (χ0v) is 56.3. The van der Waals surface area contributed by atoms with Crippen molar-refractivity contribution in [1.82, 2.24) is 0 Å². The van der Waals surface area contributed by atoms with Crippen LogP contribution in [0.1, 0.15) is 111 Å². The number of hydrogen-bond donors (Lipinski definition) is 0. The van der Waals surface area contributed by atoms with E-state index in [0.717, 1.165) is 59.7 Å². The van der Waals surface area contributed by atoms with E-state index in [1.807, 2.05) is 0 Å². The van der Waals surface area contributed by atoms with Crippen LogP contribution in [0.25, 0.3) is 0 Å². The zero-order valence-electron chi connectivity index (χ0n) is 56.3. The lowest BCUT2D eigenvalue weighted by Gasteiger charge is -2.25. The summed E-state index contributed by atoms with van der Waals surface area (Å²) in [5.74, 6) is 3.67. The van der Waals surface area contributed by atoms with Gasteiger partial charge in [0, 0.05) is 28.5 Å². The number of nitriles is 4. The van der Waals surface area contributed by atoms with Gasteiger partial charge in [0.15, 0.2) is 0 Å². The van der Waals surface area contributed by atoms with Gasteiger partial charge in [-0.1, -0.05) is 0 Å². The molecule has 0 aliphatic rings. The highest BCUT2D eigenvalue weighted by Gasteiger charge is 2.09. The minimum absolute atomic E-state index is 0.917. The van der Waals surface area contributed by atoms with E-state index in [1.54, 1.807) is 0 Å². The maximum atomic E-state index is 8.98. The van der Waals surface area contributed by atoms with E-state index in [4.69, 9.17) is 61.2 Å². The molecule has 0 fully saturated rings. The minimum atomic E-state index is -2.31. The van der Waals surface area contributed by atoms with Gasteiger partial charge in [-0.3, -0.25) is 0 Å². The number of hydrogen-bond acceptors (Lipinski definition) is 12. The summed E-state index contributed by atoms with van der Waals surface area (Å²) in [6, 6.07) is 0. The van der Waals surface area contributed by atoms with Crippen LogP contribution >= 0.6 is 0 Å². The summed E-state index contributed by atoms with van der Waals surface area (Å²) in [6.07, 6.45) is 0. The summed E-state index contributed by atoms with van der Waals surface area (Å²) < 4.78 is 9.11. The smallest absolute Gasteiger partial charge is 0.0753 e. The third-order valence-corrected chi connectivity index (χ3v) is 14.1. The molecule has 0 aromatic heterocycles. The molecule has 0 rings (SSSR count). The Labute approximate surface area is 476 Å². The van der Waals surface area contributed by atoms with Crippen LogP contribution in [0.4, 0.5) is 0 Å². The van der Waals surface area contributed by atoms with Crippen molar-refractivity contribution >= 4 is 28.5 Å². The van der Waals surface area contributed by atoms with Crippen LogP contribution in [0.5, 0.6) is 0 Å². The molecule has 0 unspecified atom stereocenters. The first kappa shape index (κ1) is 102. The van der Waals surface area contributed by atoms with Crippen LogP contribution < -0.4 is 40.2 Å². The monoisotopic (exact) mass is 1090 g/mol. The molecule has 0 aliphatic carbocycles. The summed E-state index contributed by atoms with van der Waals surface area (Å²) in [4.78, 5) is 0. The molecule has 0 N–H and O–H groups in total. The lowest BCUT2D eigenvalue weighted by Crippen LogP contribution is -2.43. The summed E-state index contributed by atoms with van der Waals surface area (Å²) in [5.41, 5.74) is 0. The molecule has 0 spiro atoms. The average Bonchev–Trinajstić information content (AvgIpc) is 3.40. The van der Waals surface area contributed by atoms with Gasteiger partial charge in [-0.2, -0.15) is 0 Å². The van der Waals surface area contributed by atoms with Gasteiger partial charge < -0.3 is 76.1 Å². The normalized spacial score (nSPS) is 10.4. The molecule has 0 saturated heterocycles. The second-order valence-corrected chi connectivity index (χ2v) is 22.4. The first-order valence-electron chi connectivity index (χ1n) is 27.5. The Morgan fingerprint density at radius 3 is 0.237 bits per heavy atom. The molecule has 0 radical (unpaired) electrons. The summed E-state index contributed by atoms with van der Waals surface area (Å²) in [7, 11) is 26.5. The van der Waals surface area contributed by atoms with Gasteiger partial charge in [0.2, 0.25) is 0 Å².